The standard InChI is InChI=1S/C13H27NO2/c1-4-16-10-13(15)9-14-7-5-12(6-8-14)11(2)3/h11-13,15H,4-10H2,1-3H3. The number of β-amino-alcohol motifs (C(OH)–C–C–N with tert-alkyl or cyclic N) is 1. The lowest BCUT2D eigenvalue weighted by Gasteiger charge is -2.34. The summed E-state index contributed by atoms with van der Waals surface area (Å²) in [6.45, 7) is 10.8. The van der Waals surface area contributed by atoms with Gasteiger partial charge in [0.1, 0.15) is 0 Å². The topological polar surface area (TPSA) is 32.7 Å². The number of hydrogen-bond acceptors (Lipinski definition) is 3. The molecule has 1 aliphatic heterocycles. The van der Waals surface area contributed by atoms with Crippen LogP contribution < -0.4 is 0 Å². The number of rotatable bonds is 6. The SMILES string of the molecule is CCOCC(O)CN1CCC(C(C)C)CC1. The molecule has 0 amide bonds. The molecule has 0 aromatic carbocycles. The molecule has 0 aliphatic carbocycles. The largest absolute Gasteiger partial charge is 0.389 e. The molecule has 0 bridgehead atoms. The van der Waals surface area contributed by atoms with E-state index in [1.165, 1.54) is 12.8 Å². The molecule has 3 heteroatoms. The molecule has 0 radical (unpaired) electrons. The summed E-state index contributed by atoms with van der Waals surface area (Å²) in [6, 6.07) is 0. The van der Waals surface area contributed by atoms with Crippen LogP contribution in [-0.4, -0.2) is 49.0 Å². The molecule has 1 atom stereocenters. The van der Waals surface area contributed by atoms with E-state index in [4.69, 9.17) is 4.74 Å². The number of aliphatic hydroxyl groups is 1. The maximum atomic E-state index is 9.74. The Morgan fingerprint density at radius 3 is 2.44 bits per heavy atom. The van der Waals surface area contributed by atoms with Gasteiger partial charge in [0.15, 0.2) is 0 Å². The van der Waals surface area contributed by atoms with Gasteiger partial charge in [-0.15, -0.1) is 0 Å². The summed E-state index contributed by atoms with van der Waals surface area (Å²) in [6.07, 6.45) is 2.23. The van der Waals surface area contributed by atoms with E-state index < -0.39 is 0 Å². The van der Waals surface area contributed by atoms with Gasteiger partial charge in [-0.3, -0.25) is 0 Å². The summed E-state index contributed by atoms with van der Waals surface area (Å²) in [4.78, 5) is 2.36. The van der Waals surface area contributed by atoms with Gasteiger partial charge >= 0.3 is 0 Å². The summed E-state index contributed by atoms with van der Waals surface area (Å²) >= 11 is 0. The highest BCUT2D eigenvalue weighted by Crippen LogP contribution is 2.24. The van der Waals surface area contributed by atoms with E-state index in [0.29, 0.717) is 13.2 Å². The van der Waals surface area contributed by atoms with Crippen molar-refractivity contribution in [2.75, 3.05) is 32.8 Å². The third kappa shape index (κ3) is 4.81. The quantitative estimate of drug-likeness (QED) is 0.753. The molecule has 3 nitrogen and oxygen atoms in total. The Morgan fingerprint density at radius 1 is 1.31 bits per heavy atom. The lowest BCUT2D eigenvalue weighted by Crippen LogP contribution is -2.41. The van der Waals surface area contributed by atoms with Gasteiger partial charge in [0, 0.05) is 13.2 Å². The first-order valence-electron chi connectivity index (χ1n) is 6.61. The van der Waals surface area contributed by atoms with E-state index >= 15 is 0 Å². The Kier molecular flexibility index (Phi) is 6.32. The minimum atomic E-state index is -0.324. The van der Waals surface area contributed by atoms with Crippen molar-refractivity contribution in [2.45, 2.75) is 39.7 Å². The normalized spacial score (nSPS) is 21.6. The third-order valence-electron chi connectivity index (χ3n) is 3.56. The number of nitrogens with zero attached hydrogens (tertiary/aromatic N) is 1. The smallest absolute Gasteiger partial charge is 0.0900 e. The average Bonchev–Trinajstić information content (AvgIpc) is 2.27. The predicted molar refractivity (Wildman–Crippen MR) is 66.5 cm³/mol. The molecule has 0 spiro atoms. The van der Waals surface area contributed by atoms with Crippen molar-refractivity contribution >= 4 is 0 Å². The maximum Gasteiger partial charge on any atom is 0.0900 e. The second-order valence-corrected chi connectivity index (χ2v) is 5.20. The number of hydrogen-bond donors (Lipinski definition) is 1. The molecule has 1 unspecified atom stereocenters. The van der Waals surface area contributed by atoms with Crippen molar-refractivity contribution in [1.82, 2.24) is 4.90 Å². The van der Waals surface area contributed by atoms with E-state index in [9.17, 15) is 5.11 Å². The molecule has 0 aromatic rings. The molecule has 16 heavy (non-hydrogen) atoms. The van der Waals surface area contributed by atoms with Gasteiger partial charge in [-0.25, -0.2) is 0 Å². The molecule has 1 saturated heterocycles. The first kappa shape index (κ1) is 13.9. The zero-order chi connectivity index (χ0) is 12.0. The lowest BCUT2D eigenvalue weighted by molar-refractivity contribution is 0.0129. The van der Waals surface area contributed by atoms with Gasteiger partial charge in [0.05, 0.1) is 12.7 Å². The van der Waals surface area contributed by atoms with Crippen molar-refractivity contribution in [3.05, 3.63) is 0 Å². The number of ether oxygens (including phenoxy) is 1. The summed E-state index contributed by atoms with van der Waals surface area (Å²) in [5.74, 6) is 1.68. The van der Waals surface area contributed by atoms with Crippen molar-refractivity contribution < 1.29 is 9.84 Å². The molecule has 96 valence electrons. The van der Waals surface area contributed by atoms with E-state index in [-0.39, 0.29) is 6.10 Å². The van der Waals surface area contributed by atoms with E-state index in [1.807, 2.05) is 6.92 Å². The highest BCUT2D eigenvalue weighted by Gasteiger charge is 2.22. The molecule has 0 aromatic heterocycles. The summed E-state index contributed by atoms with van der Waals surface area (Å²) in [5, 5.41) is 9.74. The molecule has 1 heterocycles. The second-order valence-electron chi connectivity index (χ2n) is 5.20. The van der Waals surface area contributed by atoms with Crippen LogP contribution in [0.5, 0.6) is 0 Å². The number of aliphatic hydroxyl groups excluding tert-OH is 1. The third-order valence-corrected chi connectivity index (χ3v) is 3.56. The van der Waals surface area contributed by atoms with Crippen LogP contribution >= 0.6 is 0 Å². The Hall–Kier alpha value is -0.120. The monoisotopic (exact) mass is 229 g/mol. The summed E-state index contributed by atoms with van der Waals surface area (Å²) < 4.78 is 5.22. The van der Waals surface area contributed by atoms with Gasteiger partial charge in [-0.05, 0) is 44.7 Å². The number of likely N-dealkylation sites (tertiary alicyclic amines) is 1. The Labute approximate surface area is 99.8 Å². The first-order chi connectivity index (χ1) is 7.63. The van der Waals surface area contributed by atoms with Crippen molar-refractivity contribution in [3.8, 4) is 0 Å². The fourth-order valence-corrected chi connectivity index (χ4v) is 2.41. The molecule has 1 N–H and O–H groups in total. The van der Waals surface area contributed by atoms with Crippen LogP contribution in [0.4, 0.5) is 0 Å². The average molecular weight is 229 g/mol. The van der Waals surface area contributed by atoms with E-state index in [0.717, 1.165) is 31.5 Å². The molecular weight excluding hydrogens is 202 g/mol. The van der Waals surface area contributed by atoms with Gasteiger partial charge in [0.2, 0.25) is 0 Å². The Morgan fingerprint density at radius 2 is 1.94 bits per heavy atom. The molecule has 1 fully saturated rings. The maximum absolute atomic E-state index is 9.74. The minimum absolute atomic E-state index is 0.324. The van der Waals surface area contributed by atoms with Gasteiger partial charge in [-0.2, -0.15) is 0 Å². The first-order valence-corrected chi connectivity index (χ1v) is 6.61. The predicted octanol–water partition coefficient (Wildman–Crippen LogP) is 1.75. The fourth-order valence-electron chi connectivity index (χ4n) is 2.41. The van der Waals surface area contributed by atoms with Crippen LogP contribution in [0.2, 0.25) is 0 Å². The van der Waals surface area contributed by atoms with E-state index in [1.54, 1.807) is 0 Å². The van der Waals surface area contributed by atoms with Crippen LogP contribution in [0.25, 0.3) is 0 Å². The van der Waals surface area contributed by atoms with Crippen LogP contribution in [0, 0.1) is 11.8 Å². The van der Waals surface area contributed by atoms with Crippen LogP contribution in [-0.2, 0) is 4.74 Å². The summed E-state index contributed by atoms with van der Waals surface area (Å²) in [7, 11) is 0. The molecule has 1 aliphatic rings. The van der Waals surface area contributed by atoms with Gasteiger partial charge in [-0.1, -0.05) is 13.8 Å². The fraction of sp³-hybridized carbons (Fsp3) is 1.00. The summed E-state index contributed by atoms with van der Waals surface area (Å²) in [5.41, 5.74) is 0. The molecule has 1 rings (SSSR count). The van der Waals surface area contributed by atoms with Gasteiger partial charge < -0.3 is 14.7 Å². The molecule has 0 saturated carbocycles. The highest BCUT2D eigenvalue weighted by molar-refractivity contribution is 4.75. The second kappa shape index (κ2) is 7.25. The number of piperidine rings is 1. The lowest BCUT2D eigenvalue weighted by atomic mass is 9.87. The highest BCUT2D eigenvalue weighted by atomic mass is 16.5. The Balaban J connectivity index is 2.16. The van der Waals surface area contributed by atoms with Crippen molar-refractivity contribution in [1.29, 1.82) is 0 Å². The van der Waals surface area contributed by atoms with Crippen molar-refractivity contribution in [2.24, 2.45) is 11.8 Å². The zero-order valence-electron chi connectivity index (χ0n) is 11.0. The van der Waals surface area contributed by atoms with Gasteiger partial charge in [0.25, 0.3) is 0 Å². The molecular formula is C13H27NO2. The van der Waals surface area contributed by atoms with Crippen LogP contribution in [0.3, 0.4) is 0 Å². The Bertz CT molecular complexity index is 177. The van der Waals surface area contributed by atoms with E-state index in [2.05, 4.69) is 18.7 Å². The van der Waals surface area contributed by atoms with Crippen LogP contribution in [0.15, 0.2) is 0 Å². The zero-order valence-corrected chi connectivity index (χ0v) is 11.0. The minimum Gasteiger partial charge on any atom is -0.389 e. The van der Waals surface area contributed by atoms with Crippen molar-refractivity contribution in [3.63, 3.8) is 0 Å². The van der Waals surface area contributed by atoms with Crippen LogP contribution in [0.1, 0.15) is 33.6 Å².